The highest BCUT2D eigenvalue weighted by Crippen LogP contribution is 2.29. The van der Waals surface area contributed by atoms with E-state index in [0.29, 0.717) is 17.2 Å². The topological polar surface area (TPSA) is 77.5 Å². The molecule has 2 aromatic rings. The van der Waals surface area contributed by atoms with E-state index in [2.05, 4.69) is 19.2 Å². The summed E-state index contributed by atoms with van der Waals surface area (Å²) < 4.78 is 10.7. The lowest BCUT2D eigenvalue weighted by atomic mass is 9.96. The van der Waals surface area contributed by atoms with E-state index in [4.69, 9.17) is 14.9 Å². The van der Waals surface area contributed by atoms with Crippen LogP contribution in [-0.4, -0.2) is 13.0 Å². The molecule has 1 amide bonds. The van der Waals surface area contributed by atoms with Crippen LogP contribution in [0.25, 0.3) is 0 Å². The monoisotopic (exact) mass is 316 g/mol. The first kappa shape index (κ1) is 17.1. The minimum absolute atomic E-state index is 0.130. The van der Waals surface area contributed by atoms with Crippen molar-refractivity contribution in [1.82, 2.24) is 5.32 Å². The predicted molar refractivity (Wildman–Crippen MR) is 89.3 cm³/mol. The first-order valence-corrected chi connectivity index (χ1v) is 7.76. The summed E-state index contributed by atoms with van der Waals surface area (Å²) in [6.45, 7) is 4.52. The second-order valence-electron chi connectivity index (χ2n) is 5.90. The molecule has 1 unspecified atom stereocenters. The summed E-state index contributed by atoms with van der Waals surface area (Å²) in [6, 6.07) is 9.28. The number of ether oxygens (including phenoxy) is 1. The molecule has 0 bridgehead atoms. The van der Waals surface area contributed by atoms with Crippen LogP contribution in [0.3, 0.4) is 0 Å². The molecule has 1 atom stereocenters. The summed E-state index contributed by atoms with van der Waals surface area (Å²) in [5, 5.41) is 3.07. The van der Waals surface area contributed by atoms with Crippen molar-refractivity contribution >= 4 is 5.91 Å². The second kappa shape index (κ2) is 7.83. The van der Waals surface area contributed by atoms with Gasteiger partial charge in [-0.3, -0.25) is 4.79 Å². The van der Waals surface area contributed by atoms with Crippen LogP contribution in [-0.2, 0) is 6.54 Å². The molecule has 23 heavy (non-hydrogen) atoms. The Bertz CT molecular complexity index is 649. The molecule has 1 heterocycles. The van der Waals surface area contributed by atoms with Crippen LogP contribution < -0.4 is 15.8 Å². The van der Waals surface area contributed by atoms with E-state index in [1.807, 2.05) is 24.3 Å². The summed E-state index contributed by atoms with van der Waals surface area (Å²) in [4.78, 5) is 12.5. The molecule has 1 aromatic heterocycles. The summed E-state index contributed by atoms with van der Waals surface area (Å²) in [5.74, 6) is 1.61. The van der Waals surface area contributed by atoms with E-state index in [0.717, 1.165) is 17.7 Å². The zero-order chi connectivity index (χ0) is 16.8. The highest BCUT2D eigenvalue weighted by molar-refractivity contribution is 5.94. The fourth-order valence-electron chi connectivity index (χ4n) is 2.54. The zero-order valence-electron chi connectivity index (χ0n) is 13.8. The average molecular weight is 316 g/mol. The maximum absolute atomic E-state index is 12.5. The van der Waals surface area contributed by atoms with Crippen LogP contribution in [0.2, 0.25) is 0 Å². The van der Waals surface area contributed by atoms with Gasteiger partial charge in [0.25, 0.3) is 5.91 Å². The Balaban J connectivity index is 2.23. The lowest BCUT2D eigenvalue weighted by Crippen LogP contribution is -2.29. The molecule has 2 rings (SSSR count). The first-order valence-electron chi connectivity index (χ1n) is 7.76. The fourth-order valence-corrected chi connectivity index (χ4v) is 2.54. The SMILES string of the molecule is COc1ccccc1C(CC(C)C)NC(=O)c1coc(CN)c1. The van der Waals surface area contributed by atoms with Gasteiger partial charge in [-0.15, -0.1) is 0 Å². The quantitative estimate of drug-likeness (QED) is 0.822. The Kier molecular flexibility index (Phi) is 5.82. The number of amides is 1. The molecule has 0 aliphatic carbocycles. The maximum atomic E-state index is 12.5. The molecule has 0 aliphatic rings. The molecule has 5 heteroatoms. The van der Waals surface area contributed by atoms with E-state index in [-0.39, 0.29) is 18.5 Å². The van der Waals surface area contributed by atoms with Gasteiger partial charge < -0.3 is 20.2 Å². The van der Waals surface area contributed by atoms with Crippen LogP contribution in [0.4, 0.5) is 0 Å². The van der Waals surface area contributed by atoms with Crippen LogP contribution in [0.15, 0.2) is 41.0 Å². The number of nitrogens with two attached hydrogens (primary N) is 1. The number of nitrogens with one attached hydrogen (secondary N) is 1. The van der Waals surface area contributed by atoms with Crippen molar-refractivity contribution in [2.45, 2.75) is 32.9 Å². The third-order valence-electron chi connectivity index (χ3n) is 3.64. The van der Waals surface area contributed by atoms with Gasteiger partial charge in [0.05, 0.1) is 25.3 Å². The van der Waals surface area contributed by atoms with Gasteiger partial charge in [0.15, 0.2) is 0 Å². The molecule has 1 aromatic carbocycles. The molecule has 0 radical (unpaired) electrons. The smallest absolute Gasteiger partial charge is 0.255 e. The van der Waals surface area contributed by atoms with Gasteiger partial charge in [-0.2, -0.15) is 0 Å². The molecule has 5 nitrogen and oxygen atoms in total. The van der Waals surface area contributed by atoms with Gasteiger partial charge in [0, 0.05) is 5.56 Å². The third-order valence-corrected chi connectivity index (χ3v) is 3.64. The largest absolute Gasteiger partial charge is 0.496 e. The second-order valence-corrected chi connectivity index (χ2v) is 5.90. The van der Waals surface area contributed by atoms with Gasteiger partial charge >= 0.3 is 0 Å². The maximum Gasteiger partial charge on any atom is 0.255 e. The number of carbonyl (C=O) groups excluding carboxylic acids is 1. The standard InChI is InChI=1S/C18H24N2O3/c1-12(2)8-16(15-6-4-5-7-17(15)22-3)20-18(21)13-9-14(10-19)23-11-13/h4-7,9,11-12,16H,8,10,19H2,1-3H3,(H,20,21). The predicted octanol–water partition coefficient (Wildman–Crippen LogP) is 3.26. The van der Waals surface area contributed by atoms with Crippen LogP contribution in [0, 0.1) is 5.92 Å². The fraction of sp³-hybridized carbons (Fsp3) is 0.389. The van der Waals surface area contributed by atoms with E-state index < -0.39 is 0 Å². The summed E-state index contributed by atoms with van der Waals surface area (Å²) >= 11 is 0. The van der Waals surface area contributed by atoms with Crippen LogP contribution >= 0.6 is 0 Å². The summed E-state index contributed by atoms with van der Waals surface area (Å²) in [7, 11) is 1.64. The number of benzene rings is 1. The highest BCUT2D eigenvalue weighted by Gasteiger charge is 2.21. The highest BCUT2D eigenvalue weighted by atomic mass is 16.5. The van der Waals surface area contributed by atoms with E-state index in [9.17, 15) is 4.79 Å². The summed E-state index contributed by atoms with van der Waals surface area (Å²) in [6.07, 6.45) is 2.25. The Morgan fingerprint density at radius 3 is 2.70 bits per heavy atom. The van der Waals surface area contributed by atoms with Crippen molar-refractivity contribution in [3.8, 4) is 5.75 Å². The van der Waals surface area contributed by atoms with E-state index in [1.54, 1.807) is 13.2 Å². The van der Waals surface area contributed by atoms with Gasteiger partial charge in [0.1, 0.15) is 17.8 Å². The molecular formula is C18H24N2O3. The lowest BCUT2D eigenvalue weighted by molar-refractivity contribution is 0.0931. The molecule has 0 aliphatic heterocycles. The summed E-state index contributed by atoms with van der Waals surface area (Å²) in [5.41, 5.74) is 6.97. The van der Waals surface area contributed by atoms with Crippen molar-refractivity contribution in [3.05, 3.63) is 53.5 Å². The molecule has 0 fully saturated rings. The third kappa shape index (κ3) is 4.36. The Morgan fingerprint density at radius 2 is 2.09 bits per heavy atom. The minimum atomic E-state index is -0.176. The molecular weight excluding hydrogens is 292 g/mol. The number of carbonyl (C=O) groups is 1. The molecule has 3 N–H and O–H groups in total. The van der Waals surface area contributed by atoms with Crippen LogP contribution in [0.1, 0.15) is 48.0 Å². The Morgan fingerprint density at radius 1 is 1.35 bits per heavy atom. The first-order chi connectivity index (χ1) is 11.0. The number of furan rings is 1. The van der Waals surface area contributed by atoms with Crippen molar-refractivity contribution in [2.24, 2.45) is 11.7 Å². The van der Waals surface area contributed by atoms with Gasteiger partial charge in [-0.05, 0) is 24.5 Å². The average Bonchev–Trinajstić information content (AvgIpc) is 3.03. The Hall–Kier alpha value is -2.27. The van der Waals surface area contributed by atoms with Crippen molar-refractivity contribution in [2.75, 3.05) is 7.11 Å². The van der Waals surface area contributed by atoms with Crippen molar-refractivity contribution in [1.29, 1.82) is 0 Å². The lowest BCUT2D eigenvalue weighted by Gasteiger charge is -2.22. The number of methoxy groups -OCH3 is 1. The number of hydrogen-bond donors (Lipinski definition) is 2. The molecule has 0 saturated carbocycles. The van der Waals surface area contributed by atoms with Gasteiger partial charge in [0.2, 0.25) is 0 Å². The number of hydrogen-bond acceptors (Lipinski definition) is 4. The normalized spacial score (nSPS) is 12.2. The van der Waals surface area contributed by atoms with E-state index in [1.165, 1.54) is 6.26 Å². The molecule has 0 saturated heterocycles. The van der Waals surface area contributed by atoms with Crippen molar-refractivity contribution in [3.63, 3.8) is 0 Å². The number of para-hydroxylation sites is 1. The zero-order valence-corrected chi connectivity index (χ0v) is 13.8. The van der Waals surface area contributed by atoms with Crippen molar-refractivity contribution < 1.29 is 13.9 Å². The molecule has 124 valence electrons. The molecule has 0 spiro atoms. The van der Waals surface area contributed by atoms with Crippen LogP contribution in [0.5, 0.6) is 5.75 Å². The van der Waals surface area contributed by atoms with E-state index >= 15 is 0 Å². The Labute approximate surface area is 136 Å². The van der Waals surface area contributed by atoms with Gasteiger partial charge in [-0.1, -0.05) is 32.0 Å². The minimum Gasteiger partial charge on any atom is -0.496 e. The van der Waals surface area contributed by atoms with Gasteiger partial charge in [-0.25, -0.2) is 0 Å². The number of rotatable bonds is 7.